The van der Waals surface area contributed by atoms with E-state index in [0.717, 1.165) is 42.6 Å². The summed E-state index contributed by atoms with van der Waals surface area (Å²) < 4.78 is 18.0. The lowest BCUT2D eigenvalue weighted by molar-refractivity contribution is 0.576. The van der Waals surface area contributed by atoms with E-state index in [4.69, 9.17) is 0 Å². The van der Waals surface area contributed by atoms with Crippen molar-refractivity contribution < 1.29 is 4.39 Å². The summed E-state index contributed by atoms with van der Waals surface area (Å²) in [5, 5.41) is 0.987. The van der Waals surface area contributed by atoms with E-state index in [0.29, 0.717) is 11.5 Å². The maximum absolute atomic E-state index is 13.6. The second-order valence-corrected chi connectivity index (χ2v) is 6.89. The molecule has 1 aliphatic heterocycles. The monoisotopic (exact) mass is 320 g/mol. The average Bonchev–Trinajstić information content (AvgIpc) is 3.11. The van der Waals surface area contributed by atoms with Gasteiger partial charge in [-0.2, -0.15) is 9.36 Å². The van der Waals surface area contributed by atoms with E-state index in [1.165, 1.54) is 11.5 Å². The van der Waals surface area contributed by atoms with Crippen LogP contribution in [0, 0.1) is 18.7 Å². The lowest BCUT2D eigenvalue weighted by Crippen LogP contribution is -2.20. The van der Waals surface area contributed by atoms with Gasteiger partial charge in [0.2, 0.25) is 11.1 Å². The van der Waals surface area contributed by atoms with Crippen LogP contribution >= 0.6 is 11.5 Å². The molecule has 0 radical (unpaired) electrons. The number of anilines is 2. The number of aromatic nitrogens is 2. The van der Waals surface area contributed by atoms with Gasteiger partial charge in [0.15, 0.2) is 0 Å². The third kappa shape index (κ3) is 3.21. The van der Waals surface area contributed by atoms with Crippen LogP contribution < -0.4 is 9.80 Å². The van der Waals surface area contributed by atoms with Crippen LogP contribution in [0.1, 0.15) is 17.5 Å². The van der Waals surface area contributed by atoms with Crippen molar-refractivity contribution in [2.45, 2.75) is 19.8 Å². The van der Waals surface area contributed by atoms with E-state index >= 15 is 0 Å². The minimum Gasteiger partial charge on any atom is -0.347 e. The predicted octanol–water partition coefficient (Wildman–Crippen LogP) is 3.12. The van der Waals surface area contributed by atoms with Gasteiger partial charge in [-0.25, -0.2) is 4.39 Å². The summed E-state index contributed by atoms with van der Waals surface area (Å²) >= 11 is 1.45. The zero-order valence-electron chi connectivity index (χ0n) is 13.2. The lowest BCUT2D eigenvalue weighted by Gasteiger charge is -2.14. The van der Waals surface area contributed by atoms with Gasteiger partial charge in [0, 0.05) is 38.7 Å². The first-order valence-corrected chi connectivity index (χ1v) is 8.31. The van der Waals surface area contributed by atoms with Gasteiger partial charge in [0.1, 0.15) is 5.82 Å². The molecule has 1 atom stereocenters. The first kappa shape index (κ1) is 15.2. The summed E-state index contributed by atoms with van der Waals surface area (Å²) in [6, 6.07) is 5.58. The summed E-state index contributed by atoms with van der Waals surface area (Å²) in [4.78, 5) is 8.77. The molecule has 2 heterocycles. The van der Waals surface area contributed by atoms with E-state index in [1.807, 2.05) is 31.1 Å². The molecule has 0 spiro atoms. The number of hydrogen-bond acceptors (Lipinski definition) is 5. The minimum absolute atomic E-state index is 0.105. The van der Waals surface area contributed by atoms with Crippen LogP contribution in [-0.2, 0) is 6.42 Å². The van der Waals surface area contributed by atoms with Crippen molar-refractivity contribution in [3.63, 3.8) is 0 Å². The Labute approximate surface area is 134 Å². The van der Waals surface area contributed by atoms with Crippen LogP contribution in [0.5, 0.6) is 0 Å². The second kappa shape index (κ2) is 6.20. The lowest BCUT2D eigenvalue weighted by atomic mass is 9.98. The molecule has 118 valence electrons. The third-order valence-electron chi connectivity index (χ3n) is 4.12. The molecular weight excluding hydrogens is 299 g/mol. The van der Waals surface area contributed by atoms with E-state index in [1.54, 1.807) is 13.0 Å². The minimum atomic E-state index is -0.105. The molecular formula is C16H21FN4S. The first-order chi connectivity index (χ1) is 10.5. The van der Waals surface area contributed by atoms with Gasteiger partial charge in [-0.1, -0.05) is 12.1 Å². The van der Waals surface area contributed by atoms with Crippen molar-refractivity contribution in [3.05, 3.63) is 35.1 Å². The molecule has 1 aliphatic rings. The van der Waals surface area contributed by atoms with Gasteiger partial charge < -0.3 is 9.80 Å². The molecule has 1 unspecified atom stereocenters. The molecule has 0 amide bonds. The standard InChI is InChI=1S/C16H21FN4S/c1-11-4-5-12(9-14(11)17)8-13-6-7-21(10-13)16-18-15(19-22-16)20(2)3/h4-5,9,13H,6-8,10H2,1-3H3. The maximum Gasteiger partial charge on any atom is 0.238 e. The SMILES string of the molecule is Cc1ccc(CC2CCN(c3nc(N(C)C)ns3)C2)cc1F. The van der Waals surface area contributed by atoms with Crippen molar-refractivity contribution in [2.75, 3.05) is 37.0 Å². The van der Waals surface area contributed by atoms with Crippen LogP contribution in [0.4, 0.5) is 15.5 Å². The Bertz CT molecular complexity index is 655. The molecule has 0 bridgehead atoms. The Morgan fingerprint density at radius 2 is 2.23 bits per heavy atom. The Kier molecular flexibility index (Phi) is 4.29. The number of nitrogens with zero attached hydrogens (tertiary/aromatic N) is 4. The van der Waals surface area contributed by atoms with Crippen molar-refractivity contribution >= 4 is 22.6 Å². The molecule has 0 N–H and O–H groups in total. The van der Waals surface area contributed by atoms with E-state index in [2.05, 4.69) is 14.3 Å². The number of aryl methyl sites for hydroxylation is 1. The van der Waals surface area contributed by atoms with Gasteiger partial charge in [-0.3, -0.25) is 0 Å². The van der Waals surface area contributed by atoms with Gasteiger partial charge in [0.25, 0.3) is 0 Å². The van der Waals surface area contributed by atoms with Crippen molar-refractivity contribution in [2.24, 2.45) is 5.92 Å². The van der Waals surface area contributed by atoms with Crippen LogP contribution in [-0.4, -0.2) is 36.5 Å². The summed E-state index contributed by atoms with van der Waals surface area (Å²) in [5.41, 5.74) is 1.79. The highest BCUT2D eigenvalue weighted by Crippen LogP contribution is 2.29. The topological polar surface area (TPSA) is 32.3 Å². The Morgan fingerprint density at radius 1 is 1.41 bits per heavy atom. The molecule has 0 aliphatic carbocycles. The van der Waals surface area contributed by atoms with Crippen LogP contribution in [0.15, 0.2) is 18.2 Å². The fraction of sp³-hybridized carbons (Fsp3) is 0.500. The number of benzene rings is 1. The number of rotatable bonds is 4. The molecule has 6 heteroatoms. The first-order valence-electron chi connectivity index (χ1n) is 7.54. The van der Waals surface area contributed by atoms with Crippen LogP contribution in [0.3, 0.4) is 0 Å². The smallest absolute Gasteiger partial charge is 0.238 e. The zero-order chi connectivity index (χ0) is 15.7. The molecule has 22 heavy (non-hydrogen) atoms. The summed E-state index contributed by atoms with van der Waals surface area (Å²) in [6.45, 7) is 3.77. The normalized spacial score (nSPS) is 18.0. The van der Waals surface area contributed by atoms with E-state index in [-0.39, 0.29) is 5.82 Å². The zero-order valence-corrected chi connectivity index (χ0v) is 14.0. The number of hydrogen-bond donors (Lipinski definition) is 0. The van der Waals surface area contributed by atoms with Crippen LogP contribution in [0.2, 0.25) is 0 Å². The highest BCUT2D eigenvalue weighted by atomic mass is 32.1. The average molecular weight is 320 g/mol. The van der Waals surface area contributed by atoms with E-state index in [9.17, 15) is 4.39 Å². The van der Waals surface area contributed by atoms with Gasteiger partial charge in [-0.05, 0) is 42.9 Å². The molecule has 1 fully saturated rings. The van der Waals surface area contributed by atoms with E-state index < -0.39 is 0 Å². The molecule has 1 aromatic carbocycles. The van der Waals surface area contributed by atoms with Crippen molar-refractivity contribution in [1.82, 2.24) is 9.36 Å². The quantitative estimate of drug-likeness (QED) is 0.866. The van der Waals surface area contributed by atoms with Gasteiger partial charge in [0.05, 0.1) is 0 Å². The molecule has 4 nitrogen and oxygen atoms in total. The van der Waals surface area contributed by atoms with Crippen molar-refractivity contribution in [1.29, 1.82) is 0 Å². The maximum atomic E-state index is 13.6. The van der Waals surface area contributed by atoms with Crippen LogP contribution in [0.25, 0.3) is 0 Å². The molecule has 1 aromatic heterocycles. The Morgan fingerprint density at radius 3 is 2.91 bits per heavy atom. The molecule has 0 saturated carbocycles. The predicted molar refractivity (Wildman–Crippen MR) is 89.4 cm³/mol. The fourth-order valence-corrected chi connectivity index (χ4v) is 3.56. The highest BCUT2D eigenvalue weighted by Gasteiger charge is 2.25. The Hall–Kier alpha value is -1.69. The van der Waals surface area contributed by atoms with Gasteiger partial charge in [-0.15, -0.1) is 0 Å². The van der Waals surface area contributed by atoms with Crippen molar-refractivity contribution in [3.8, 4) is 0 Å². The number of halogens is 1. The summed E-state index contributed by atoms with van der Waals surface area (Å²) in [6.07, 6.45) is 2.04. The fourth-order valence-electron chi connectivity index (χ4n) is 2.79. The van der Waals surface area contributed by atoms with Gasteiger partial charge >= 0.3 is 0 Å². The summed E-state index contributed by atoms with van der Waals surface area (Å²) in [7, 11) is 3.90. The highest BCUT2D eigenvalue weighted by molar-refractivity contribution is 7.09. The molecule has 3 rings (SSSR count). The largest absolute Gasteiger partial charge is 0.347 e. The Balaban J connectivity index is 1.63. The third-order valence-corrected chi connectivity index (χ3v) is 4.89. The molecule has 1 saturated heterocycles. The summed E-state index contributed by atoms with van der Waals surface area (Å²) in [5.74, 6) is 1.21. The molecule has 2 aromatic rings. The second-order valence-electron chi connectivity index (χ2n) is 6.16.